The number of nitrogens with two attached hydrogens (primary N) is 1. The molecule has 0 saturated carbocycles. The average Bonchev–Trinajstić information content (AvgIpc) is 2.36. The minimum Gasteiger partial charge on any atom is -0.354 e. The van der Waals surface area contributed by atoms with Crippen molar-refractivity contribution in [1.82, 2.24) is 10.2 Å². The van der Waals surface area contributed by atoms with Gasteiger partial charge < -0.3 is 16.0 Å². The van der Waals surface area contributed by atoms with Crippen LogP contribution in [0.5, 0.6) is 0 Å². The maximum Gasteiger partial charge on any atom is 0.222 e. The first-order valence-corrected chi connectivity index (χ1v) is 6.45. The molecule has 1 heterocycles. The highest BCUT2D eigenvalue weighted by atomic mass is 16.2. The molecule has 1 unspecified atom stereocenters. The van der Waals surface area contributed by atoms with Crippen LogP contribution >= 0.6 is 0 Å². The zero-order chi connectivity index (χ0) is 12.7. The fourth-order valence-electron chi connectivity index (χ4n) is 2.20. The van der Waals surface area contributed by atoms with Gasteiger partial charge in [0.1, 0.15) is 0 Å². The molecule has 1 atom stereocenters. The minimum absolute atomic E-state index is 0.0260. The van der Waals surface area contributed by atoms with Gasteiger partial charge in [0.05, 0.1) is 0 Å². The molecule has 17 heavy (non-hydrogen) atoms. The molecule has 0 spiro atoms. The lowest BCUT2D eigenvalue weighted by atomic mass is 10.0. The molecule has 0 aliphatic carbocycles. The molecule has 1 rings (SSSR count). The van der Waals surface area contributed by atoms with Gasteiger partial charge in [-0.2, -0.15) is 0 Å². The molecule has 0 radical (unpaired) electrons. The molecule has 1 aliphatic rings. The second kappa shape index (κ2) is 7.27. The minimum atomic E-state index is -0.0260. The molecule has 3 N–H and O–H groups in total. The van der Waals surface area contributed by atoms with Crippen molar-refractivity contribution < 1.29 is 9.59 Å². The molecule has 2 amide bonds. The van der Waals surface area contributed by atoms with Gasteiger partial charge in [-0.1, -0.05) is 6.92 Å². The Morgan fingerprint density at radius 3 is 2.82 bits per heavy atom. The van der Waals surface area contributed by atoms with E-state index in [1.807, 2.05) is 11.8 Å². The van der Waals surface area contributed by atoms with Crippen LogP contribution < -0.4 is 11.1 Å². The van der Waals surface area contributed by atoms with Crippen molar-refractivity contribution in [2.24, 2.45) is 5.73 Å². The summed E-state index contributed by atoms with van der Waals surface area (Å²) in [6, 6.07) is 0.165. The van der Waals surface area contributed by atoms with Crippen LogP contribution in [0.1, 0.15) is 39.0 Å². The molecule has 1 saturated heterocycles. The molecular weight excluding hydrogens is 218 g/mol. The Balaban J connectivity index is 2.42. The highest BCUT2D eigenvalue weighted by molar-refractivity contribution is 5.77. The maximum absolute atomic E-state index is 11.7. The standard InChI is InChI=1S/C12H23N3O2/c1-2-12(17)15-8-4-3-5-10(15)9-14-11(16)6-7-13/h10H,2-9,13H2,1H3,(H,14,16). The summed E-state index contributed by atoms with van der Waals surface area (Å²) in [5.41, 5.74) is 5.31. The molecule has 0 aromatic rings. The van der Waals surface area contributed by atoms with Crippen LogP contribution in [0, 0.1) is 0 Å². The van der Waals surface area contributed by atoms with E-state index >= 15 is 0 Å². The second-order valence-electron chi connectivity index (χ2n) is 4.43. The third kappa shape index (κ3) is 4.34. The molecule has 0 aromatic carbocycles. The third-order valence-electron chi connectivity index (χ3n) is 3.16. The Kier molecular flexibility index (Phi) is 5.97. The number of piperidine rings is 1. The van der Waals surface area contributed by atoms with Crippen molar-refractivity contribution in [2.75, 3.05) is 19.6 Å². The molecule has 0 bridgehead atoms. The Morgan fingerprint density at radius 1 is 1.41 bits per heavy atom. The van der Waals surface area contributed by atoms with Crippen molar-refractivity contribution in [3.8, 4) is 0 Å². The lowest BCUT2D eigenvalue weighted by Crippen LogP contribution is -2.49. The number of hydrogen-bond acceptors (Lipinski definition) is 3. The summed E-state index contributed by atoms with van der Waals surface area (Å²) < 4.78 is 0. The molecular formula is C12H23N3O2. The fourth-order valence-corrected chi connectivity index (χ4v) is 2.20. The number of carbonyl (C=O) groups is 2. The normalized spacial score (nSPS) is 20.1. The van der Waals surface area contributed by atoms with E-state index < -0.39 is 0 Å². The Morgan fingerprint density at radius 2 is 2.18 bits per heavy atom. The van der Waals surface area contributed by atoms with Crippen LogP contribution in [0.15, 0.2) is 0 Å². The number of nitrogens with zero attached hydrogens (tertiary/aromatic N) is 1. The zero-order valence-corrected chi connectivity index (χ0v) is 10.6. The van der Waals surface area contributed by atoms with E-state index in [9.17, 15) is 9.59 Å². The van der Waals surface area contributed by atoms with Gasteiger partial charge in [0.2, 0.25) is 11.8 Å². The van der Waals surface area contributed by atoms with Crippen LogP contribution in [-0.4, -0.2) is 42.4 Å². The smallest absolute Gasteiger partial charge is 0.222 e. The van der Waals surface area contributed by atoms with E-state index in [2.05, 4.69) is 5.32 Å². The topological polar surface area (TPSA) is 75.4 Å². The highest BCUT2D eigenvalue weighted by Gasteiger charge is 2.25. The number of likely N-dealkylation sites (tertiary alicyclic amines) is 1. The van der Waals surface area contributed by atoms with E-state index in [1.54, 1.807) is 0 Å². The van der Waals surface area contributed by atoms with Crippen molar-refractivity contribution >= 4 is 11.8 Å². The summed E-state index contributed by atoms with van der Waals surface area (Å²) in [7, 11) is 0. The summed E-state index contributed by atoms with van der Waals surface area (Å²) in [6.45, 7) is 3.63. The van der Waals surface area contributed by atoms with Crippen LogP contribution in [0.4, 0.5) is 0 Å². The highest BCUT2D eigenvalue weighted by Crippen LogP contribution is 2.17. The van der Waals surface area contributed by atoms with E-state index in [0.717, 1.165) is 25.8 Å². The molecule has 0 aromatic heterocycles. The fraction of sp³-hybridized carbons (Fsp3) is 0.833. The average molecular weight is 241 g/mol. The summed E-state index contributed by atoms with van der Waals surface area (Å²) >= 11 is 0. The monoisotopic (exact) mass is 241 g/mol. The lowest BCUT2D eigenvalue weighted by molar-refractivity contribution is -0.135. The van der Waals surface area contributed by atoms with Crippen LogP contribution in [-0.2, 0) is 9.59 Å². The Hall–Kier alpha value is -1.10. The van der Waals surface area contributed by atoms with Crippen LogP contribution in [0.2, 0.25) is 0 Å². The first kappa shape index (κ1) is 14.0. The Labute approximate surface area is 103 Å². The summed E-state index contributed by atoms with van der Waals surface area (Å²) in [6.07, 6.45) is 4.07. The van der Waals surface area contributed by atoms with E-state index in [4.69, 9.17) is 5.73 Å². The SMILES string of the molecule is CCC(=O)N1CCCCC1CNC(=O)CCN. The predicted octanol–water partition coefficient (Wildman–Crippen LogP) is 0.243. The van der Waals surface area contributed by atoms with Crippen molar-refractivity contribution in [2.45, 2.75) is 45.1 Å². The van der Waals surface area contributed by atoms with Gasteiger partial charge in [-0.15, -0.1) is 0 Å². The summed E-state index contributed by atoms with van der Waals surface area (Å²) in [4.78, 5) is 25.0. The first-order chi connectivity index (χ1) is 8.19. The molecule has 5 nitrogen and oxygen atoms in total. The van der Waals surface area contributed by atoms with Crippen LogP contribution in [0.25, 0.3) is 0 Å². The molecule has 98 valence electrons. The molecule has 1 fully saturated rings. The summed E-state index contributed by atoms with van der Waals surface area (Å²) in [5.74, 6) is 0.157. The number of nitrogens with one attached hydrogen (secondary N) is 1. The second-order valence-corrected chi connectivity index (χ2v) is 4.43. The number of carbonyl (C=O) groups excluding carboxylic acids is 2. The van der Waals surface area contributed by atoms with Crippen molar-refractivity contribution in [3.63, 3.8) is 0 Å². The maximum atomic E-state index is 11.7. The quantitative estimate of drug-likeness (QED) is 0.724. The van der Waals surface area contributed by atoms with Gasteiger partial charge in [0.25, 0.3) is 0 Å². The van der Waals surface area contributed by atoms with Gasteiger partial charge in [-0.3, -0.25) is 9.59 Å². The van der Waals surface area contributed by atoms with E-state index in [-0.39, 0.29) is 17.9 Å². The van der Waals surface area contributed by atoms with Crippen molar-refractivity contribution in [1.29, 1.82) is 0 Å². The van der Waals surface area contributed by atoms with Crippen LogP contribution in [0.3, 0.4) is 0 Å². The van der Waals surface area contributed by atoms with Crippen molar-refractivity contribution in [3.05, 3.63) is 0 Å². The lowest BCUT2D eigenvalue weighted by Gasteiger charge is -2.35. The zero-order valence-electron chi connectivity index (χ0n) is 10.6. The first-order valence-electron chi connectivity index (χ1n) is 6.45. The third-order valence-corrected chi connectivity index (χ3v) is 3.16. The van der Waals surface area contributed by atoms with E-state index in [1.165, 1.54) is 0 Å². The van der Waals surface area contributed by atoms with Gasteiger partial charge in [-0.05, 0) is 19.3 Å². The van der Waals surface area contributed by atoms with E-state index in [0.29, 0.717) is 25.9 Å². The molecule has 1 aliphatic heterocycles. The Bertz CT molecular complexity index is 268. The number of amides is 2. The molecule has 5 heteroatoms. The van der Waals surface area contributed by atoms with Gasteiger partial charge in [0, 0.05) is 38.5 Å². The summed E-state index contributed by atoms with van der Waals surface area (Å²) in [5, 5.41) is 2.85. The largest absolute Gasteiger partial charge is 0.354 e. The number of rotatable bonds is 5. The van der Waals surface area contributed by atoms with Gasteiger partial charge in [-0.25, -0.2) is 0 Å². The van der Waals surface area contributed by atoms with Gasteiger partial charge in [0.15, 0.2) is 0 Å². The number of hydrogen-bond donors (Lipinski definition) is 2. The predicted molar refractivity (Wildman–Crippen MR) is 66.3 cm³/mol. The van der Waals surface area contributed by atoms with Gasteiger partial charge >= 0.3 is 0 Å².